The number of hydrogen-bond donors (Lipinski definition) is 3. The fraction of sp³-hybridized carbons (Fsp3) is 0.667. The first kappa shape index (κ1) is 17.2. The molecule has 0 aliphatic rings. The van der Waals surface area contributed by atoms with E-state index in [0.29, 0.717) is 0 Å². The molecule has 0 saturated carbocycles. The lowest BCUT2D eigenvalue weighted by atomic mass is 10.2. The standard InChI is InChI=1S/C15H27N5O/c1-6-8-12-19-13(17-9-7-2)10(3)14(20-12)18-11(4)15(21)16-5/h11H,6-9H2,1-5H3,(H,16,21)(H2,17,18,19,20). The number of anilines is 2. The molecule has 0 saturated heterocycles. The molecule has 21 heavy (non-hydrogen) atoms. The van der Waals surface area contributed by atoms with Crippen LogP contribution in [0.5, 0.6) is 0 Å². The largest absolute Gasteiger partial charge is 0.370 e. The first-order chi connectivity index (χ1) is 10.0. The Kier molecular flexibility index (Phi) is 6.91. The summed E-state index contributed by atoms with van der Waals surface area (Å²) in [7, 11) is 1.63. The van der Waals surface area contributed by atoms with Crippen molar-refractivity contribution >= 4 is 17.5 Å². The van der Waals surface area contributed by atoms with Crippen LogP contribution >= 0.6 is 0 Å². The lowest BCUT2D eigenvalue weighted by molar-refractivity contribution is -0.121. The lowest BCUT2D eigenvalue weighted by Gasteiger charge is -2.18. The van der Waals surface area contributed by atoms with Crippen LogP contribution in [0, 0.1) is 6.92 Å². The molecular formula is C15H27N5O. The molecule has 0 spiro atoms. The van der Waals surface area contributed by atoms with Crippen LogP contribution in [0.2, 0.25) is 0 Å². The second-order valence-corrected chi connectivity index (χ2v) is 5.12. The first-order valence-electron chi connectivity index (χ1n) is 7.62. The number of aromatic nitrogens is 2. The highest BCUT2D eigenvalue weighted by molar-refractivity contribution is 5.84. The van der Waals surface area contributed by atoms with E-state index in [1.54, 1.807) is 7.05 Å². The Morgan fingerprint density at radius 1 is 1.19 bits per heavy atom. The number of nitrogens with zero attached hydrogens (tertiary/aromatic N) is 2. The van der Waals surface area contributed by atoms with Gasteiger partial charge >= 0.3 is 0 Å². The van der Waals surface area contributed by atoms with Gasteiger partial charge in [-0.15, -0.1) is 0 Å². The minimum Gasteiger partial charge on any atom is -0.370 e. The van der Waals surface area contributed by atoms with Gasteiger partial charge in [-0.05, 0) is 26.7 Å². The van der Waals surface area contributed by atoms with Crippen molar-refractivity contribution in [3.8, 4) is 0 Å². The van der Waals surface area contributed by atoms with Crippen LogP contribution in [0.4, 0.5) is 11.6 Å². The molecule has 6 heteroatoms. The van der Waals surface area contributed by atoms with Gasteiger partial charge in [-0.1, -0.05) is 13.8 Å². The molecule has 1 amide bonds. The average Bonchev–Trinajstić information content (AvgIpc) is 2.48. The van der Waals surface area contributed by atoms with Gasteiger partial charge in [0, 0.05) is 25.6 Å². The van der Waals surface area contributed by atoms with Gasteiger partial charge in [0.25, 0.3) is 0 Å². The minimum atomic E-state index is -0.336. The zero-order valence-electron chi connectivity index (χ0n) is 13.7. The summed E-state index contributed by atoms with van der Waals surface area (Å²) in [6, 6.07) is -0.336. The van der Waals surface area contributed by atoms with E-state index in [-0.39, 0.29) is 11.9 Å². The van der Waals surface area contributed by atoms with Gasteiger partial charge in [0.05, 0.1) is 0 Å². The fourth-order valence-electron chi connectivity index (χ4n) is 1.94. The highest BCUT2D eigenvalue weighted by atomic mass is 16.2. The van der Waals surface area contributed by atoms with Crippen LogP contribution < -0.4 is 16.0 Å². The summed E-state index contributed by atoms with van der Waals surface area (Å²) in [6.07, 6.45) is 2.84. The summed E-state index contributed by atoms with van der Waals surface area (Å²) in [6.45, 7) is 8.87. The molecule has 1 aromatic heterocycles. The quantitative estimate of drug-likeness (QED) is 0.684. The number of amides is 1. The van der Waals surface area contributed by atoms with E-state index >= 15 is 0 Å². The first-order valence-corrected chi connectivity index (χ1v) is 7.62. The summed E-state index contributed by atoms with van der Waals surface area (Å²) in [5, 5.41) is 9.13. The number of rotatable bonds is 8. The van der Waals surface area contributed by atoms with Crippen LogP contribution in [0.1, 0.15) is 45.0 Å². The Hall–Kier alpha value is -1.85. The van der Waals surface area contributed by atoms with Crippen molar-refractivity contribution in [3.05, 3.63) is 11.4 Å². The van der Waals surface area contributed by atoms with Crippen molar-refractivity contribution < 1.29 is 4.79 Å². The summed E-state index contributed by atoms with van der Waals surface area (Å²) in [5.74, 6) is 2.31. The van der Waals surface area contributed by atoms with Gasteiger partial charge in [0.2, 0.25) is 5.91 Å². The number of nitrogens with one attached hydrogen (secondary N) is 3. The summed E-state index contributed by atoms with van der Waals surface area (Å²) in [4.78, 5) is 20.8. The predicted molar refractivity (Wildman–Crippen MR) is 86.7 cm³/mol. The van der Waals surface area contributed by atoms with Crippen molar-refractivity contribution in [2.24, 2.45) is 0 Å². The topological polar surface area (TPSA) is 78.9 Å². The molecule has 1 rings (SSSR count). The highest BCUT2D eigenvalue weighted by Gasteiger charge is 2.16. The summed E-state index contributed by atoms with van der Waals surface area (Å²) >= 11 is 0. The molecule has 0 aliphatic heterocycles. The van der Waals surface area contributed by atoms with E-state index in [1.165, 1.54) is 0 Å². The van der Waals surface area contributed by atoms with Gasteiger partial charge in [-0.25, -0.2) is 9.97 Å². The lowest BCUT2D eigenvalue weighted by Crippen LogP contribution is -2.35. The van der Waals surface area contributed by atoms with Gasteiger partial charge in [0.1, 0.15) is 23.5 Å². The van der Waals surface area contributed by atoms with E-state index in [9.17, 15) is 4.79 Å². The van der Waals surface area contributed by atoms with E-state index in [4.69, 9.17) is 0 Å². The molecule has 0 radical (unpaired) electrons. The molecule has 0 bridgehead atoms. The van der Waals surface area contributed by atoms with Crippen LogP contribution in [0.15, 0.2) is 0 Å². The Labute approximate surface area is 127 Å². The zero-order chi connectivity index (χ0) is 15.8. The second kappa shape index (κ2) is 8.44. The Morgan fingerprint density at radius 3 is 2.43 bits per heavy atom. The molecule has 6 nitrogen and oxygen atoms in total. The number of likely N-dealkylation sites (N-methyl/N-ethyl adjacent to an activating group) is 1. The highest BCUT2D eigenvalue weighted by Crippen LogP contribution is 2.21. The monoisotopic (exact) mass is 293 g/mol. The molecule has 1 unspecified atom stereocenters. The van der Waals surface area contributed by atoms with E-state index in [1.807, 2.05) is 13.8 Å². The van der Waals surface area contributed by atoms with Crippen LogP contribution in [0.25, 0.3) is 0 Å². The molecule has 1 heterocycles. The number of hydrogen-bond acceptors (Lipinski definition) is 5. The third-order valence-electron chi connectivity index (χ3n) is 3.20. The number of carbonyl (C=O) groups excluding carboxylic acids is 1. The Morgan fingerprint density at radius 2 is 1.86 bits per heavy atom. The second-order valence-electron chi connectivity index (χ2n) is 5.12. The third-order valence-corrected chi connectivity index (χ3v) is 3.20. The predicted octanol–water partition coefficient (Wildman–Crippen LogP) is 2.11. The SMILES string of the molecule is CCCNc1nc(CCC)nc(NC(C)C(=O)NC)c1C. The Balaban J connectivity index is 3.04. The molecule has 0 aromatic carbocycles. The molecule has 1 atom stereocenters. The molecule has 1 aromatic rings. The van der Waals surface area contributed by atoms with Crippen LogP contribution in [-0.4, -0.2) is 35.5 Å². The number of aryl methyl sites for hydroxylation is 1. The van der Waals surface area contributed by atoms with E-state index in [0.717, 1.165) is 48.8 Å². The third kappa shape index (κ3) is 4.88. The molecule has 3 N–H and O–H groups in total. The van der Waals surface area contributed by atoms with Crippen molar-refractivity contribution in [3.63, 3.8) is 0 Å². The maximum atomic E-state index is 11.7. The van der Waals surface area contributed by atoms with Crippen LogP contribution in [-0.2, 0) is 11.2 Å². The summed E-state index contributed by atoms with van der Waals surface area (Å²) < 4.78 is 0. The van der Waals surface area contributed by atoms with Crippen molar-refractivity contribution in [2.45, 2.75) is 53.0 Å². The maximum Gasteiger partial charge on any atom is 0.241 e. The Bertz CT molecular complexity index is 475. The van der Waals surface area contributed by atoms with Gasteiger partial charge < -0.3 is 16.0 Å². The maximum absolute atomic E-state index is 11.7. The molecule has 0 fully saturated rings. The zero-order valence-corrected chi connectivity index (χ0v) is 13.7. The van der Waals surface area contributed by atoms with Gasteiger partial charge in [-0.3, -0.25) is 4.79 Å². The average molecular weight is 293 g/mol. The van der Waals surface area contributed by atoms with E-state index in [2.05, 4.69) is 39.8 Å². The van der Waals surface area contributed by atoms with Crippen molar-refractivity contribution in [2.75, 3.05) is 24.2 Å². The fourth-order valence-corrected chi connectivity index (χ4v) is 1.94. The number of carbonyl (C=O) groups is 1. The van der Waals surface area contributed by atoms with Gasteiger partial charge in [0.15, 0.2) is 0 Å². The van der Waals surface area contributed by atoms with Crippen molar-refractivity contribution in [1.29, 1.82) is 0 Å². The molecular weight excluding hydrogens is 266 g/mol. The minimum absolute atomic E-state index is 0.0619. The van der Waals surface area contributed by atoms with E-state index < -0.39 is 0 Å². The van der Waals surface area contributed by atoms with Gasteiger partial charge in [-0.2, -0.15) is 0 Å². The summed E-state index contributed by atoms with van der Waals surface area (Å²) in [5.41, 5.74) is 0.944. The van der Waals surface area contributed by atoms with Crippen molar-refractivity contribution in [1.82, 2.24) is 15.3 Å². The molecule has 118 valence electrons. The molecule has 0 aliphatic carbocycles. The normalized spacial score (nSPS) is 11.9. The van der Waals surface area contributed by atoms with Crippen LogP contribution in [0.3, 0.4) is 0 Å². The smallest absolute Gasteiger partial charge is 0.241 e.